The van der Waals surface area contributed by atoms with E-state index in [2.05, 4.69) is 9.51 Å². The quantitative estimate of drug-likeness (QED) is 0.467. The molecule has 0 spiro atoms. The Labute approximate surface area is 73.5 Å². The molecule has 7 heteroatoms. The minimum atomic E-state index is -0.794. The van der Waals surface area contributed by atoms with Crippen molar-refractivity contribution in [2.75, 3.05) is 0 Å². The number of hydrogen-bond donors (Lipinski definition) is 2. The van der Waals surface area contributed by atoms with E-state index in [4.69, 9.17) is 17.1 Å². The summed E-state index contributed by atoms with van der Waals surface area (Å²) in [6, 6.07) is 5.29. The molecule has 0 unspecified atom stereocenters. The fourth-order valence-electron chi connectivity index (χ4n) is 0.706. The summed E-state index contributed by atoms with van der Waals surface area (Å²) in [6.45, 7) is 0. The Hall–Kier alpha value is -0.905. The number of hydrogen-bond acceptors (Lipinski definition) is 6. The lowest BCUT2D eigenvalue weighted by Gasteiger charge is -2.02. The van der Waals surface area contributed by atoms with Crippen LogP contribution in [-0.2, 0) is 9.51 Å². The van der Waals surface area contributed by atoms with Crippen molar-refractivity contribution in [2.24, 2.45) is 11.8 Å². The highest BCUT2D eigenvalue weighted by Crippen LogP contribution is 2.05. The zero-order valence-corrected chi connectivity index (χ0v) is 6.88. The second kappa shape index (κ2) is 4.20. The molecule has 0 atom stereocenters. The van der Waals surface area contributed by atoms with Crippen LogP contribution in [0.3, 0.4) is 0 Å². The summed E-state index contributed by atoms with van der Waals surface area (Å²) < 4.78 is 9.46. The van der Waals surface area contributed by atoms with E-state index in [1.807, 2.05) is 6.07 Å². The van der Waals surface area contributed by atoms with E-state index >= 15 is 0 Å². The van der Waals surface area contributed by atoms with Crippen LogP contribution < -0.4 is 16.6 Å². The minimum absolute atomic E-state index is 0.559. The van der Waals surface area contributed by atoms with Crippen molar-refractivity contribution in [1.29, 1.82) is 5.26 Å². The number of rotatable bonds is 3. The van der Waals surface area contributed by atoms with E-state index in [0.717, 1.165) is 0 Å². The monoisotopic (exact) mass is 183 g/mol. The molecular formula is C5H6BN3O2S. The molecule has 0 fully saturated rings. The van der Waals surface area contributed by atoms with Crippen molar-refractivity contribution in [3.63, 3.8) is 0 Å². The zero-order valence-electron chi connectivity index (χ0n) is 6.06. The molecule has 0 aromatic carbocycles. The van der Waals surface area contributed by atoms with Gasteiger partial charge in [-0.25, -0.2) is 11.8 Å². The minimum Gasteiger partial charge on any atom is -0.324 e. The third-order valence-electron chi connectivity index (χ3n) is 1.22. The van der Waals surface area contributed by atoms with Gasteiger partial charge in [0.05, 0.1) is 0 Å². The van der Waals surface area contributed by atoms with Crippen LogP contribution in [-0.4, -0.2) is 7.12 Å². The Kier molecular flexibility index (Phi) is 3.22. The van der Waals surface area contributed by atoms with Gasteiger partial charge >= 0.3 is 7.12 Å². The van der Waals surface area contributed by atoms with Crippen molar-refractivity contribution in [3.05, 3.63) is 17.0 Å². The molecule has 0 saturated heterocycles. The van der Waals surface area contributed by atoms with Crippen molar-refractivity contribution in [3.8, 4) is 6.07 Å². The van der Waals surface area contributed by atoms with Gasteiger partial charge < -0.3 is 9.51 Å². The summed E-state index contributed by atoms with van der Waals surface area (Å²) >= 11 is 1.22. The largest absolute Gasteiger partial charge is 0.538 e. The number of nitrogens with zero attached hydrogens (tertiary/aromatic N) is 1. The van der Waals surface area contributed by atoms with Gasteiger partial charge in [0, 0.05) is 4.78 Å². The molecule has 62 valence electrons. The van der Waals surface area contributed by atoms with Crippen molar-refractivity contribution in [1.82, 2.24) is 0 Å². The summed E-state index contributed by atoms with van der Waals surface area (Å²) in [5, 5.41) is 8.49. The van der Waals surface area contributed by atoms with E-state index < -0.39 is 7.12 Å². The van der Waals surface area contributed by atoms with E-state index in [1.165, 1.54) is 11.3 Å². The van der Waals surface area contributed by atoms with E-state index in [1.54, 1.807) is 12.1 Å². The van der Waals surface area contributed by atoms with Crippen LogP contribution in [0.2, 0.25) is 0 Å². The van der Waals surface area contributed by atoms with Crippen LogP contribution in [0.15, 0.2) is 12.1 Å². The highest BCUT2D eigenvalue weighted by atomic mass is 32.1. The third-order valence-corrected chi connectivity index (χ3v) is 2.23. The van der Waals surface area contributed by atoms with Crippen molar-refractivity contribution >= 4 is 23.2 Å². The summed E-state index contributed by atoms with van der Waals surface area (Å²) in [5.74, 6) is 9.77. The van der Waals surface area contributed by atoms with Crippen LogP contribution in [0.1, 0.15) is 4.88 Å². The van der Waals surface area contributed by atoms with Crippen LogP contribution in [0.5, 0.6) is 0 Å². The highest BCUT2D eigenvalue weighted by molar-refractivity contribution is 7.22. The molecule has 0 bridgehead atoms. The van der Waals surface area contributed by atoms with Gasteiger partial charge in [0.25, 0.3) is 0 Å². The zero-order chi connectivity index (χ0) is 8.97. The predicted octanol–water partition coefficient (Wildman–Crippen LogP) is -0.904. The summed E-state index contributed by atoms with van der Waals surface area (Å²) in [5.41, 5.74) is 0. The molecule has 1 heterocycles. The molecule has 0 aliphatic rings. The first-order valence-electron chi connectivity index (χ1n) is 3.02. The molecule has 1 rings (SSSR count). The molecule has 0 saturated carbocycles. The lowest BCUT2D eigenvalue weighted by molar-refractivity contribution is 0.216. The Morgan fingerprint density at radius 1 is 1.42 bits per heavy atom. The molecule has 12 heavy (non-hydrogen) atoms. The summed E-state index contributed by atoms with van der Waals surface area (Å²) in [4.78, 5) is 0.559. The maximum absolute atomic E-state index is 8.49. The smallest absolute Gasteiger partial charge is 0.324 e. The average Bonchev–Trinajstić information content (AvgIpc) is 2.55. The standard InChI is InChI=1S/C5H6BN3O2S/c7-3-4-1-2-5(12-4)6(10-8)11-9/h1-2H,8-9H2. The fourth-order valence-corrected chi connectivity index (χ4v) is 1.48. The SMILES string of the molecule is N#Cc1ccc(B(ON)ON)s1. The normalized spacial score (nSPS) is 9.42. The molecule has 5 nitrogen and oxygen atoms in total. The van der Waals surface area contributed by atoms with E-state index in [9.17, 15) is 0 Å². The third kappa shape index (κ3) is 1.82. The van der Waals surface area contributed by atoms with Gasteiger partial charge in [-0.15, -0.1) is 11.3 Å². The number of thiophene rings is 1. The first-order valence-corrected chi connectivity index (χ1v) is 3.84. The highest BCUT2D eigenvalue weighted by Gasteiger charge is 2.21. The van der Waals surface area contributed by atoms with Gasteiger partial charge in [-0.3, -0.25) is 0 Å². The van der Waals surface area contributed by atoms with Crippen LogP contribution >= 0.6 is 11.3 Å². The Morgan fingerprint density at radius 3 is 2.50 bits per heavy atom. The van der Waals surface area contributed by atoms with Crippen LogP contribution in [0.4, 0.5) is 0 Å². The van der Waals surface area contributed by atoms with Gasteiger partial charge in [-0.2, -0.15) is 5.26 Å². The first-order chi connectivity index (χ1) is 5.81. The Bertz CT molecular complexity index is 293. The second-order valence-electron chi connectivity index (χ2n) is 1.92. The van der Waals surface area contributed by atoms with E-state index in [0.29, 0.717) is 9.65 Å². The predicted molar refractivity (Wildman–Crippen MR) is 45.0 cm³/mol. The first kappa shape index (κ1) is 9.19. The maximum Gasteiger partial charge on any atom is 0.538 e. The van der Waals surface area contributed by atoms with Crippen molar-refractivity contribution < 1.29 is 9.51 Å². The molecular weight excluding hydrogens is 177 g/mol. The van der Waals surface area contributed by atoms with Gasteiger partial charge in [-0.1, -0.05) is 6.07 Å². The van der Waals surface area contributed by atoms with Crippen molar-refractivity contribution in [2.45, 2.75) is 0 Å². The fraction of sp³-hybridized carbons (Fsp3) is 0. The molecule has 0 amide bonds. The molecule has 0 radical (unpaired) electrons. The summed E-state index contributed by atoms with van der Waals surface area (Å²) in [7, 11) is -0.794. The van der Waals surface area contributed by atoms with Crippen LogP contribution in [0, 0.1) is 11.3 Å². The number of nitriles is 1. The molecule has 0 aliphatic heterocycles. The Balaban J connectivity index is 2.81. The second-order valence-corrected chi connectivity index (χ2v) is 3.03. The van der Waals surface area contributed by atoms with Crippen LogP contribution in [0.25, 0.3) is 0 Å². The lowest BCUT2D eigenvalue weighted by Crippen LogP contribution is -2.39. The van der Waals surface area contributed by atoms with Gasteiger partial charge in [0.1, 0.15) is 10.9 Å². The van der Waals surface area contributed by atoms with E-state index in [-0.39, 0.29) is 0 Å². The molecule has 1 aromatic rings. The number of nitrogens with two attached hydrogens (primary N) is 2. The molecule has 0 aliphatic carbocycles. The molecule has 1 aromatic heterocycles. The average molecular weight is 183 g/mol. The Morgan fingerprint density at radius 2 is 2.08 bits per heavy atom. The van der Waals surface area contributed by atoms with Gasteiger partial charge in [0.2, 0.25) is 0 Å². The lowest BCUT2D eigenvalue weighted by atomic mass is 9.89. The summed E-state index contributed by atoms with van der Waals surface area (Å²) in [6.07, 6.45) is 0. The topological polar surface area (TPSA) is 94.3 Å². The maximum atomic E-state index is 8.49. The van der Waals surface area contributed by atoms with Gasteiger partial charge in [-0.05, 0) is 6.07 Å². The molecule has 4 N–H and O–H groups in total. The van der Waals surface area contributed by atoms with Gasteiger partial charge in [0.15, 0.2) is 0 Å².